The summed E-state index contributed by atoms with van der Waals surface area (Å²) in [4.78, 5) is 66.5. The van der Waals surface area contributed by atoms with Crippen molar-refractivity contribution in [1.82, 2.24) is 83.3 Å². The standard InChI is InChI=1S/C30H20F6N8.C30H18F6N8.C10H9F3N2.C5H6N2O.ClH.Mn/c2*1-43-13-11-37-27(43)23-15-3-7-19(39-15)25(29(31,32)33)21-9-5-17(41-21)24(28-38-12-14-44(28)2)18-6-10-22(42-18)26(30(34,35)36)20-8-4-16(23)40-20;11-10(12,13)9(7-3-1-5-14-7)8-4-2-6-15-8;1-7-3-2-6-5(7)4-8;;/h3-14,37,39H,1-2H3;3-14H,1-2H3;1-6,9,14-15H;2-4H,1H3;1H;/q;-2;;;;+3/p-1. The molecule has 7 aliphatic rings. The number of hydrogen-bond donors (Lipinski definition) is 4. The number of aldehydes is 1. The van der Waals surface area contributed by atoms with E-state index in [1.807, 2.05) is 0 Å². The minimum atomic E-state index is -4.86. The number of aromatic nitrogens is 15. The number of rotatable bonds is 6. The first kappa shape index (κ1) is 79.8. The Morgan fingerprint density at radius 2 is 0.885 bits per heavy atom. The van der Waals surface area contributed by atoms with Crippen molar-refractivity contribution in [3.63, 3.8) is 0 Å². The fraction of sp³-hybridized carbons (Fsp3) is 0.147. The molecular formula is C75H53ClF15MnN20O. The third-order valence-electron chi connectivity index (χ3n) is 17.8. The minimum Gasteiger partial charge on any atom is -1.00 e. The summed E-state index contributed by atoms with van der Waals surface area (Å²) < 4.78 is 221. The predicted octanol–water partition coefficient (Wildman–Crippen LogP) is 13.0. The summed E-state index contributed by atoms with van der Waals surface area (Å²) in [5.41, 5.74) is -5.74. The molecule has 0 radical (unpaired) electrons. The molecule has 10 aromatic heterocycles. The van der Waals surface area contributed by atoms with Gasteiger partial charge in [0.25, 0.3) is 0 Å². The van der Waals surface area contributed by atoms with Crippen LogP contribution < -0.4 is 27.7 Å². The maximum atomic E-state index is 14.7. The number of H-pyrrole nitrogens is 3. The zero-order chi connectivity index (χ0) is 78.8. The van der Waals surface area contributed by atoms with Crippen LogP contribution in [0.1, 0.15) is 79.0 Å². The third-order valence-corrected chi connectivity index (χ3v) is 17.8. The van der Waals surface area contributed by atoms with E-state index in [0.29, 0.717) is 11.6 Å². The molecule has 113 heavy (non-hydrogen) atoms. The summed E-state index contributed by atoms with van der Waals surface area (Å²) in [6, 6.07) is 13.7. The van der Waals surface area contributed by atoms with Crippen molar-refractivity contribution < 1.29 is 100 Å². The van der Waals surface area contributed by atoms with Crippen LogP contribution in [0.15, 0.2) is 215 Å². The number of aromatic amines is 3. The number of aliphatic imine (C=N–C) groups is 3. The molecule has 0 saturated heterocycles. The topological polar surface area (TPSA) is 242 Å². The van der Waals surface area contributed by atoms with E-state index in [2.05, 4.69) is 75.1 Å². The normalized spacial score (nSPS) is 15.7. The molecule has 38 heteroatoms. The zero-order valence-electron chi connectivity index (χ0n) is 58.6. The summed E-state index contributed by atoms with van der Waals surface area (Å²) in [6.45, 7) is 0. The van der Waals surface area contributed by atoms with Crippen molar-refractivity contribution in [3.8, 4) is 22.8 Å². The first-order chi connectivity index (χ1) is 52.7. The van der Waals surface area contributed by atoms with Crippen LogP contribution in [0.5, 0.6) is 0 Å². The van der Waals surface area contributed by atoms with Gasteiger partial charge < -0.3 is 65.8 Å². The molecule has 7 aliphatic heterocycles. The monoisotopic (exact) mass is 1620 g/mol. The molecule has 578 valence electrons. The van der Waals surface area contributed by atoms with Crippen LogP contribution in [0.2, 0.25) is 0 Å². The number of alkyl halides is 15. The Hall–Kier alpha value is -12.8. The Morgan fingerprint density at radius 1 is 0.451 bits per heavy atom. The van der Waals surface area contributed by atoms with E-state index in [4.69, 9.17) is 0 Å². The number of aryl methyl sites for hydroxylation is 4. The van der Waals surface area contributed by atoms with Gasteiger partial charge in [-0.3, -0.25) is 4.79 Å². The fourth-order valence-electron chi connectivity index (χ4n) is 12.9. The first-order valence-corrected chi connectivity index (χ1v) is 32.9. The molecule has 0 amide bonds. The van der Waals surface area contributed by atoms with E-state index in [9.17, 15) is 70.7 Å². The van der Waals surface area contributed by atoms with Crippen molar-refractivity contribution in [2.45, 2.75) is 36.8 Å². The van der Waals surface area contributed by atoms with E-state index in [1.165, 1.54) is 140 Å². The number of halogens is 16. The van der Waals surface area contributed by atoms with E-state index < -0.39 is 92.9 Å². The van der Waals surface area contributed by atoms with Crippen LogP contribution in [-0.2, 0) is 57.6 Å². The second kappa shape index (κ2) is 30.8. The van der Waals surface area contributed by atoms with Gasteiger partial charge >= 0.3 is 48.0 Å². The van der Waals surface area contributed by atoms with E-state index in [0.717, 1.165) is 6.29 Å². The van der Waals surface area contributed by atoms with Crippen molar-refractivity contribution in [1.29, 1.82) is 0 Å². The number of hydrogen-bond acceptors (Lipinski definition) is 12. The van der Waals surface area contributed by atoms with E-state index >= 15 is 0 Å². The molecule has 0 saturated carbocycles. The molecule has 0 atom stereocenters. The molecule has 10 aromatic rings. The third kappa shape index (κ3) is 15.9. The Labute approximate surface area is 645 Å². The minimum absolute atomic E-state index is 0. The smallest absolute Gasteiger partial charge is 1.00 e. The molecule has 0 spiro atoms. The number of nitrogens with one attached hydrogen (secondary N) is 4. The van der Waals surface area contributed by atoms with Gasteiger partial charge in [0.2, 0.25) is 0 Å². The summed E-state index contributed by atoms with van der Waals surface area (Å²) in [6.07, 6.45) is 8.61. The van der Waals surface area contributed by atoms with Crippen LogP contribution in [0, 0.1) is 0 Å². The number of nitrogens with zero attached hydrogens (tertiary/aromatic N) is 16. The Kier molecular flexibility index (Phi) is 21.8. The average molecular weight is 1630 g/mol. The molecule has 0 unspecified atom stereocenters. The van der Waals surface area contributed by atoms with Gasteiger partial charge in [0.15, 0.2) is 12.1 Å². The van der Waals surface area contributed by atoms with Gasteiger partial charge in [0.05, 0.1) is 90.7 Å². The molecule has 0 aromatic carbocycles. The first-order valence-electron chi connectivity index (χ1n) is 32.9. The van der Waals surface area contributed by atoms with E-state index in [1.54, 1.807) is 114 Å². The summed E-state index contributed by atoms with van der Waals surface area (Å²) >= 11 is 0. The van der Waals surface area contributed by atoms with Crippen molar-refractivity contribution >= 4 is 86.5 Å². The zero-order valence-corrected chi connectivity index (χ0v) is 60.6. The predicted molar refractivity (Wildman–Crippen MR) is 383 cm³/mol. The maximum absolute atomic E-state index is 14.7. The van der Waals surface area contributed by atoms with Crippen molar-refractivity contribution in [2.75, 3.05) is 7.05 Å². The Morgan fingerprint density at radius 3 is 1.30 bits per heavy atom. The van der Waals surface area contributed by atoms with Gasteiger partial charge in [-0.2, -0.15) is 65.9 Å². The molecule has 0 aliphatic carbocycles. The van der Waals surface area contributed by atoms with Crippen LogP contribution in [0.3, 0.4) is 0 Å². The van der Waals surface area contributed by atoms with Gasteiger partial charge in [-0.25, -0.2) is 44.9 Å². The van der Waals surface area contributed by atoms with Gasteiger partial charge in [-0.1, -0.05) is 24.3 Å². The largest absolute Gasteiger partial charge is 3.00 e. The number of fused-ring (bicyclic) bond motifs is 13. The molecule has 17 heterocycles. The van der Waals surface area contributed by atoms with Gasteiger partial charge in [0.1, 0.15) is 40.4 Å². The molecule has 17 rings (SSSR count). The quantitative estimate of drug-likeness (QED) is 0.0693. The molecular weight excluding hydrogens is 1570 g/mol. The summed E-state index contributed by atoms with van der Waals surface area (Å²) in [5, 5.41) is 3.01. The molecule has 4 N–H and O–H groups in total. The van der Waals surface area contributed by atoms with Gasteiger partial charge in [-0.05, 0) is 97.2 Å². The van der Waals surface area contributed by atoms with Crippen LogP contribution in [0.25, 0.3) is 85.9 Å². The van der Waals surface area contributed by atoms with Gasteiger partial charge in [-0.15, -0.1) is 22.1 Å². The number of carbonyl (C=O) groups excluding carboxylic acids is 1. The second-order valence-electron chi connectivity index (χ2n) is 25.0. The average Bonchev–Trinajstić information content (AvgIpc) is 1.61. The maximum Gasteiger partial charge on any atom is 3.00 e. The molecule has 16 bridgehead atoms. The fourth-order valence-corrected chi connectivity index (χ4v) is 12.9. The van der Waals surface area contributed by atoms with Crippen molar-refractivity contribution in [3.05, 3.63) is 268 Å². The van der Waals surface area contributed by atoms with Crippen molar-refractivity contribution in [2.24, 2.45) is 43.2 Å². The van der Waals surface area contributed by atoms with Crippen LogP contribution in [0.4, 0.5) is 65.9 Å². The van der Waals surface area contributed by atoms with Gasteiger partial charge in [0, 0.05) is 132 Å². The summed E-state index contributed by atoms with van der Waals surface area (Å²) in [5.74, 6) is 0.0191. The SMILES string of the molecule is CN1C=CNC1=C1C2=NC(=C(C(F)(F)F)C3=NC(=C(c4nccn4C)C4=NC(=C(C(F)(F)F)c5ccc1[nH]5)C=C4)C=C3)C=C2.Cn1ccnc1-c1c2nc(c(C(F)(F)F)c3ccc([n-]3)c(-c3nccn3C)c3nc(c(C(F)(F)F)c4ccc1[n-]4)C=C3)C=C2.Cn1ccnc1C=O.FC(F)(F)C(c1ccc[nH]1)c1ccc[nH]1.[Cl-].[Mn+3]. The molecule has 21 nitrogen and oxygen atoms in total. The number of allylic oxidation sites excluding steroid dienone is 10. The van der Waals surface area contributed by atoms with E-state index in [-0.39, 0.29) is 137 Å². The Bertz CT molecular complexity index is 5780. The molecule has 0 fully saturated rings. The summed E-state index contributed by atoms with van der Waals surface area (Å²) in [7, 11) is 8.40. The Balaban J connectivity index is 0.000000161. The number of imidazole rings is 4. The van der Waals surface area contributed by atoms with Crippen LogP contribution >= 0.6 is 0 Å². The van der Waals surface area contributed by atoms with Crippen LogP contribution in [-0.4, -0.2) is 117 Å². The second-order valence-corrected chi connectivity index (χ2v) is 25.0. The number of carbonyl (C=O) groups is 1.